The minimum atomic E-state index is -1.42. The lowest BCUT2D eigenvalue weighted by molar-refractivity contribution is -0.115. The van der Waals surface area contributed by atoms with Gasteiger partial charge in [0.25, 0.3) is 5.91 Å². The maximum atomic E-state index is 14.3. The topological polar surface area (TPSA) is 112 Å². The number of amides is 2. The number of benzene rings is 1. The fourth-order valence-corrected chi connectivity index (χ4v) is 2.65. The van der Waals surface area contributed by atoms with E-state index in [9.17, 15) is 24.2 Å². The number of hydrogen-bond acceptors (Lipinski definition) is 5. The number of pyridine rings is 1. The number of carbonyl (C=O) groups excluding carboxylic acids is 2. The van der Waals surface area contributed by atoms with Gasteiger partial charge in [0.15, 0.2) is 0 Å². The number of halogens is 1. The van der Waals surface area contributed by atoms with Gasteiger partial charge in [-0.1, -0.05) is 0 Å². The third-order valence-corrected chi connectivity index (χ3v) is 3.94. The van der Waals surface area contributed by atoms with Crippen LogP contribution in [0.15, 0.2) is 30.5 Å². The second-order valence-corrected chi connectivity index (χ2v) is 8.38. The third kappa shape index (κ3) is 6.25. The molecule has 0 aliphatic carbocycles. The smallest absolute Gasteiger partial charge is 0.270 e. The molecule has 7 nitrogen and oxygen atoms in total. The zero-order valence-electron chi connectivity index (χ0n) is 17.1. The normalized spacial score (nSPS) is 11.8. The summed E-state index contributed by atoms with van der Waals surface area (Å²) in [7, 11) is 0. The molecule has 0 fully saturated rings. The van der Waals surface area contributed by atoms with Crippen LogP contribution in [0.25, 0.3) is 0 Å². The van der Waals surface area contributed by atoms with Crippen LogP contribution >= 0.6 is 0 Å². The summed E-state index contributed by atoms with van der Waals surface area (Å²) in [5.41, 5.74) is -1.38. The highest BCUT2D eigenvalue weighted by molar-refractivity contribution is 5.96. The fourth-order valence-electron chi connectivity index (χ4n) is 2.65. The van der Waals surface area contributed by atoms with E-state index in [0.29, 0.717) is 5.69 Å². The Kier molecular flexibility index (Phi) is 6.27. The van der Waals surface area contributed by atoms with Crippen molar-refractivity contribution in [2.75, 3.05) is 5.32 Å². The van der Waals surface area contributed by atoms with Gasteiger partial charge in [0, 0.05) is 28.6 Å². The lowest BCUT2D eigenvalue weighted by atomic mass is 9.95. The predicted molar refractivity (Wildman–Crippen MR) is 107 cm³/mol. The monoisotopic (exact) mass is 403 g/mol. The van der Waals surface area contributed by atoms with Crippen LogP contribution in [0.1, 0.15) is 56.2 Å². The number of phenolic OH excluding ortho intramolecular Hbond substituents is 1. The molecule has 0 unspecified atom stereocenters. The molecule has 1 aromatic carbocycles. The largest absolute Gasteiger partial charge is 0.508 e. The Hall–Kier alpha value is -3.00. The van der Waals surface area contributed by atoms with Crippen molar-refractivity contribution in [3.05, 3.63) is 53.1 Å². The molecular formula is C21H26FN3O4. The van der Waals surface area contributed by atoms with Crippen molar-refractivity contribution in [1.82, 2.24) is 10.3 Å². The average molecular weight is 403 g/mol. The van der Waals surface area contributed by atoms with Gasteiger partial charge >= 0.3 is 0 Å². The summed E-state index contributed by atoms with van der Waals surface area (Å²) >= 11 is 0. The molecule has 2 aromatic rings. The molecule has 8 heteroatoms. The van der Waals surface area contributed by atoms with Crippen molar-refractivity contribution in [3.63, 3.8) is 0 Å². The molecule has 156 valence electrons. The predicted octanol–water partition coefficient (Wildman–Crippen LogP) is 2.86. The molecule has 1 heterocycles. The molecule has 0 saturated heterocycles. The molecule has 0 radical (unpaired) electrons. The van der Waals surface area contributed by atoms with Gasteiger partial charge in [-0.05, 0) is 58.9 Å². The Labute approximate surface area is 169 Å². The highest BCUT2D eigenvalue weighted by atomic mass is 19.1. The second-order valence-electron chi connectivity index (χ2n) is 8.38. The Morgan fingerprint density at radius 1 is 1.14 bits per heavy atom. The minimum absolute atomic E-state index is 0.0206. The number of rotatable bonds is 5. The molecule has 1 aromatic heterocycles. The number of carbonyl (C=O) groups is 2. The molecule has 0 atom stereocenters. The van der Waals surface area contributed by atoms with Crippen molar-refractivity contribution in [2.24, 2.45) is 0 Å². The van der Waals surface area contributed by atoms with E-state index >= 15 is 0 Å². The summed E-state index contributed by atoms with van der Waals surface area (Å²) in [5, 5.41) is 25.4. The number of phenols is 1. The number of aliphatic hydroxyl groups is 1. The van der Waals surface area contributed by atoms with Crippen molar-refractivity contribution >= 4 is 17.5 Å². The van der Waals surface area contributed by atoms with E-state index in [4.69, 9.17) is 0 Å². The maximum Gasteiger partial charge on any atom is 0.270 e. The van der Waals surface area contributed by atoms with Crippen LogP contribution in [0.3, 0.4) is 0 Å². The lowest BCUT2D eigenvalue weighted by Gasteiger charge is -2.20. The van der Waals surface area contributed by atoms with E-state index in [2.05, 4.69) is 15.6 Å². The van der Waals surface area contributed by atoms with E-state index < -0.39 is 22.9 Å². The van der Waals surface area contributed by atoms with E-state index in [1.54, 1.807) is 0 Å². The Balaban J connectivity index is 2.13. The first-order valence-corrected chi connectivity index (χ1v) is 9.09. The third-order valence-electron chi connectivity index (χ3n) is 3.94. The molecule has 0 aliphatic rings. The molecule has 29 heavy (non-hydrogen) atoms. The van der Waals surface area contributed by atoms with Gasteiger partial charge in [-0.3, -0.25) is 14.6 Å². The second kappa shape index (κ2) is 8.16. The van der Waals surface area contributed by atoms with E-state index in [-0.39, 0.29) is 34.9 Å². The number of aromatic nitrogens is 1. The van der Waals surface area contributed by atoms with Crippen LogP contribution < -0.4 is 10.6 Å². The van der Waals surface area contributed by atoms with E-state index in [1.165, 1.54) is 32.2 Å². The van der Waals surface area contributed by atoms with Crippen LogP contribution in [0, 0.1) is 5.82 Å². The van der Waals surface area contributed by atoms with Gasteiger partial charge in [0.1, 0.15) is 17.3 Å². The molecule has 4 N–H and O–H groups in total. The summed E-state index contributed by atoms with van der Waals surface area (Å²) < 4.78 is 14.3. The molecule has 2 rings (SSSR count). The highest BCUT2D eigenvalue weighted by Crippen LogP contribution is 2.31. The average Bonchev–Trinajstić information content (AvgIpc) is 2.55. The first-order chi connectivity index (χ1) is 13.3. The first kappa shape index (κ1) is 22.3. The van der Waals surface area contributed by atoms with Gasteiger partial charge in [0.05, 0.1) is 12.0 Å². The maximum absolute atomic E-state index is 14.3. The Bertz CT molecular complexity index is 930. The van der Waals surface area contributed by atoms with Crippen LogP contribution in [-0.4, -0.2) is 32.6 Å². The number of nitrogens with zero attached hydrogens (tertiary/aromatic N) is 1. The summed E-state index contributed by atoms with van der Waals surface area (Å²) in [4.78, 5) is 28.5. The standard InChI is InChI=1S/C21H26FN3O4/c1-20(2,3)25-19(28)16-10-13(6-7-23-16)24-18(27)9-12-8-17(26)14(11-15(12)22)21(4,5)29/h6-8,10-11,26,29H,9H2,1-5H3,(H,25,28)(H,23,24,27). The number of aromatic hydroxyl groups is 1. The van der Waals surface area contributed by atoms with Crippen molar-refractivity contribution < 1.29 is 24.2 Å². The van der Waals surface area contributed by atoms with Crippen molar-refractivity contribution in [3.8, 4) is 5.75 Å². The summed E-state index contributed by atoms with van der Waals surface area (Å²) in [5.74, 6) is -1.93. The van der Waals surface area contributed by atoms with Crippen LogP contribution in [0.5, 0.6) is 5.75 Å². The van der Waals surface area contributed by atoms with Crippen LogP contribution in [0.2, 0.25) is 0 Å². The Morgan fingerprint density at radius 3 is 2.38 bits per heavy atom. The number of hydrogen-bond donors (Lipinski definition) is 4. The van der Waals surface area contributed by atoms with Gasteiger partial charge in [-0.2, -0.15) is 0 Å². The Morgan fingerprint density at radius 2 is 1.79 bits per heavy atom. The van der Waals surface area contributed by atoms with Gasteiger partial charge in [0.2, 0.25) is 5.91 Å². The van der Waals surface area contributed by atoms with Crippen LogP contribution in [0.4, 0.5) is 10.1 Å². The molecule has 2 amide bonds. The van der Waals surface area contributed by atoms with Gasteiger partial charge in [-0.15, -0.1) is 0 Å². The number of nitrogens with one attached hydrogen (secondary N) is 2. The van der Waals surface area contributed by atoms with Crippen LogP contribution in [-0.2, 0) is 16.8 Å². The molecule has 0 aliphatic heterocycles. The minimum Gasteiger partial charge on any atom is -0.508 e. The molecule has 0 saturated carbocycles. The summed E-state index contributed by atoms with van der Waals surface area (Å²) in [6.07, 6.45) is 1.05. The van der Waals surface area contributed by atoms with Crippen molar-refractivity contribution in [2.45, 2.75) is 52.2 Å². The first-order valence-electron chi connectivity index (χ1n) is 9.09. The zero-order valence-corrected chi connectivity index (χ0v) is 17.1. The number of anilines is 1. The molecule has 0 bridgehead atoms. The van der Waals surface area contributed by atoms with E-state index in [0.717, 1.165) is 12.1 Å². The van der Waals surface area contributed by atoms with E-state index in [1.807, 2.05) is 20.8 Å². The lowest BCUT2D eigenvalue weighted by Crippen LogP contribution is -2.40. The SMILES string of the molecule is CC(C)(C)NC(=O)c1cc(NC(=O)Cc2cc(O)c(C(C)(C)O)cc2F)ccn1. The molecule has 0 spiro atoms. The highest BCUT2D eigenvalue weighted by Gasteiger charge is 2.23. The quantitative estimate of drug-likeness (QED) is 0.613. The summed E-state index contributed by atoms with van der Waals surface area (Å²) in [6.45, 7) is 8.35. The van der Waals surface area contributed by atoms with Crippen molar-refractivity contribution in [1.29, 1.82) is 0 Å². The molecular weight excluding hydrogens is 377 g/mol. The van der Waals surface area contributed by atoms with Gasteiger partial charge in [-0.25, -0.2) is 4.39 Å². The fraction of sp³-hybridized carbons (Fsp3) is 0.381. The van der Waals surface area contributed by atoms with Gasteiger partial charge < -0.3 is 20.8 Å². The zero-order chi connectivity index (χ0) is 22.0. The summed E-state index contributed by atoms with van der Waals surface area (Å²) in [6, 6.07) is 5.07.